The van der Waals surface area contributed by atoms with Gasteiger partial charge in [0, 0.05) is 5.39 Å². The third-order valence-electron chi connectivity index (χ3n) is 3.31. The number of aryl methyl sites for hydroxylation is 1. The summed E-state index contributed by atoms with van der Waals surface area (Å²) in [7, 11) is 0. The van der Waals surface area contributed by atoms with Crippen molar-refractivity contribution in [1.29, 1.82) is 0 Å². The van der Waals surface area contributed by atoms with E-state index in [1.807, 2.05) is 49.4 Å². The zero-order chi connectivity index (χ0) is 14.8. The monoisotopic (exact) mass is 281 g/mol. The Labute approximate surface area is 122 Å². The van der Waals surface area contributed by atoms with Gasteiger partial charge in [-0.15, -0.1) is 0 Å². The fourth-order valence-electron chi connectivity index (χ4n) is 2.31. The summed E-state index contributed by atoms with van der Waals surface area (Å²) >= 11 is 0. The highest BCUT2D eigenvalue weighted by atomic mass is 16.5. The Balaban J connectivity index is 1.95. The van der Waals surface area contributed by atoms with Crippen LogP contribution in [0.25, 0.3) is 10.9 Å². The number of H-pyrrole nitrogens is 1. The third-order valence-corrected chi connectivity index (χ3v) is 3.31. The van der Waals surface area contributed by atoms with E-state index in [1.165, 1.54) is 0 Å². The molecule has 0 spiro atoms. The molecule has 0 radical (unpaired) electrons. The van der Waals surface area contributed by atoms with Crippen molar-refractivity contribution in [3.63, 3.8) is 0 Å². The van der Waals surface area contributed by atoms with Gasteiger partial charge >= 0.3 is 5.97 Å². The molecule has 2 N–H and O–H groups in total. The Hall–Kier alpha value is -2.75. The Morgan fingerprint density at radius 3 is 2.67 bits per heavy atom. The average Bonchev–Trinajstić information content (AvgIpc) is 2.90. The molecule has 0 saturated carbocycles. The van der Waals surface area contributed by atoms with Crippen molar-refractivity contribution in [2.75, 3.05) is 0 Å². The number of carbonyl (C=O) groups is 1. The van der Waals surface area contributed by atoms with Gasteiger partial charge in [-0.3, -0.25) is 0 Å². The Morgan fingerprint density at radius 1 is 1.19 bits per heavy atom. The molecule has 0 bridgehead atoms. The van der Waals surface area contributed by atoms with E-state index in [0.29, 0.717) is 12.4 Å². The molecule has 0 fully saturated rings. The lowest BCUT2D eigenvalue weighted by Crippen LogP contribution is -1.95. The van der Waals surface area contributed by atoms with Crippen LogP contribution in [0.1, 0.15) is 21.6 Å². The molecule has 0 amide bonds. The first-order valence-electron chi connectivity index (χ1n) is 6.67. The summed E-state index contributed by atoms with van der Waals surface area (Å²) < 4.78 is 5.87. The summed E-state index contributed by atoms with van der Waals surface area (Å²) in [5.74, 6) is -0.282. The average molecular weight is 281 g/mol. The molecule has 0 aliphatic heterocycles. The molecule has 4 nitrogen and oxygen atoms in total. The number of nitrogens with one attached hydrogen (secondary N) is 1. The zero-order valence-corrected chi connectivity index (χ0v) is 11.6. The molecule has 1 heterocycles. The van der Waals surface area contributed by atoms with E-state index in [9.17, 15) is 4.79 Å². The molecule has 0 atom stereocenters. The molecule has 21 heavy (non-hydrogen) atoms. The van der Waals surface area contributed by atoms with Crippen LogP contribution in [-0.2, 0) is 6.61 Å². The van der Waals surface area contributed by atoms with Crippen LogP contribution < -0.4 is 4.74 Å². The van der Waals surface area contributed by atoms with Crippen LogP contribution >= 0.6 is 0 Å². The SMILES string of the molecule is Cc1cc(OCc2ccccc2)c2cc(C(=O)O)[nH]c2c1. The molecule has 1 aromatic heterocycles. The first kappa shape index (κ1) is 13.2. The number of ether oxygens (including phenoxy) is 1. The minimum Gasteiger partial charge on any atom is -0.488 e. The van der Waals surface area contributed by atoms with Crippen LogP contribution in [0.2, 0.25) is 0 Å². The van der Waals surface area contributed by atoms with Gasteiger partial charge in [0.2, 0.25) is 0 Å². The highest BCUT2D eigenvalue weighted by Gasteiger charge is 2.12. The largest absolute Gasteiger partial charge is 0.488 e. The number of hydrogen-bond donors (Lipinski definition) is 2. The van der Waals surface area contributed by atoms with Crippen LogP contribution in [-0.4, -0.2) is 16.1 Å². The molecular weight excluding hydrogens is 266 g/mol. The van der Waals surface area contributed by atoms with Crippen molar-refractivity contribution in [2.24, 2.45) is 0 Å². The summed E-state index contributed by atoms with van der Waals surface area (Å²) in [6.07, 6.45) is 0. The molecule has 4 heteroatoms. The summed E-state index contributed by atoms with van der Waals surface area (Å²) in [6, 6.07) is 15.3. The second-order valence-electron chi connectivity index (χ2n) is 4.99. The van der Waals surface area contributed by atoms with Crippen LogP contribution in [0.4, 0.5) is 0 Å². The van der Waals surface area contributed by atoms with E-state index < -0.39 is 5.97 Å². The molecule has 106 valence electrons. The first-order chi connectivity index (χ1) is 10.1. The molecule has 0 saturated heterocycles. The highest BCUT2D eigenvalue weighted by Crippen LogP contribution is 2.29. The standard InChI is InChI=1S/C17H15NO3/c1-11-7-14-13(9-15(18-14)17(19)20)16(8-11)21-10-12-5-3-2-4-6-12/h2-9,18H,10H2,1H3,(H,19,20). The minimum absolute atomic E-state index is 0.167. The summed E-state index contributed by atoms with van der Waals surface area (Å²) in [5.41, 5.74) is 3.03. The predicted octanol–water partition coefficient (Wildman–Crippen LogP) is 3.75. The van der Waals surface area contributed by atoms with Gasteiger partial charge in [-0.1, -0.05) is 30.3 Å². The van der Waals surface area contributed by atoms with Gasteiger partial charge < -0.3 is 14.8 Å². The number of aromatic amines is 1. The molecule has 3 aromatic rings. The van der Waals surface area contributed by atoms with Gasteiger partial charge in [0.25, 0.3) is 0 Å². The van der Waals surface area contributed by atoms with Crippen molar-refractivity contribution in [2.45, 2.75) is 13.5 Å². The number of aromatic nitrogens is 1. The zero-order valence-electron chi connectivity index (χ0n) is 11.6. The number of fused-ring (bicyclic) bond motifs is 1. The van der Waals surface area contributed by atoms with Crippen LogP contribution in [0.3, 0.4) is 0 Å². The van der Waals surface area contributed by atoms with E-state index in [4.69, 9.17) is 9.84 Å². The number of hydrogen-bond acceptors (Lipinski definition) is 2. The number of rotatable bonds is 4. The maximum absolute atomic E-state index is 11.1. The predicted molar refractivity (Wildman–Crippen MR) is 80.8 cm³/mol. The number of benzene rings is 2. The smallest absolute Gasteiger partial charge is 0.352 e. The number of aromatic carboxylic acids is 1. The van der Waals surface area contributed by atoms with Crippen molar-refractivity contribution in [3.05, 3.63) is 65.4 Å². The van der Waals surface area contributed by atoms with Crippen LogP contribution in [0, 0.1) is 6.92 Å². The van der Waals surface area contributed by atoms with E-state index in [1.54, 1.807) is 6.07 Å². The van der Waals surface area contributed by atoms with Gasteiger partial charge in [0.15, 0.2) is 0 Å². The van der Waals surface area contributed by atoms with E-state index in [-0.39, 0.29) is 5.69 Å². The Morgan fingerprint density at radius 2 is 1.95 bits per heavy atom. The topological polar surface area (TPSA) is 62.3 Å². The highest BCUT2D eigenvalue weighted by molar-refractivity contribution is 5.96. The van der Waals surface area contributed by atoms with Crippen molar-refractivity contribution < 1.29 is 14.6 Å². The van der Waals surface area contributed by atoms with Gasteiger partial charge in [-0.2, -0.15) is 0 Å². The van der Waals surface area contributed by atoms with Gasteiger partial charge in [0.05, 0.1) is 5.52 Å². The molecule has 0 aliphatic rings. The Kier molecular flexibility index (Phi) is 3.36. The maximum atomic E-state index is 11.1. The number of carboxylic acids is 1. The second-order valence-corrected chi connectivity index (χ2v) is 4.99. The maximum Gasteiger partial charge on any atom is 0.352 e. The molecule has 3 rings (SSSR count). The van der Waals surface area contributed by atoms with Gasteiger partial charge in [-0.05, 0) is 36.2 Å². The molecule has 0 aliphatic carbocycles. The molecular formula is C17H15NO3. The fourth-order valence-corrected chi connectivity index (χ4v) is 2.31. The molecule has 0 unspecified atom stereocenters. The fraction of sp³-hybridized carbons (Fsp3) is 0.118. The quantitative estimate of drug-likeness (QED) is 0.765. The lowest BCUT2D eigenvalue weighted by Gasteiger charge is -2.08. The lowest BCUT2D eigenvalue weighted by atomic mass is 10.1. The summed E-state index contributed by atoms with van der Waals surface area (Å²) in [6.45, 7) is 2.41. The van der Waals surface area contributed by atoms with Gasteiger partial charge in [0.1, 0.15) is 18.1 Å². The summed E-state index contributed by atoms with van der Waals surface area (Å²) in [4.78, 5) is 14.0. The van der Waals surface area contributed by atoms with Crippen molar-refractivity contribution >= 4 is 16.9 Å². The molecule has 2 aromatic carbocycles. The van der Waals surface area contributed by atoms with E-state index in [0.717, 1.165) is 22.0 Å². The second kappa shape index (κ2) is 5.32. The Bertz CT molecular complexity index is 790. The lowest BCUT2D eigenvalue weighted by molar-refractivity contribution is 0.0691. The van der Waals surface area contributed by atoms with Crippen LogP contribution in [0.15, 0.2) is 48.5 Å². The minimum atomic E-state index is -0.974. The number of carboxylic acid groups (broad SMARTS) is 1. The normalized spacial score (nSPS) is 10.7. The van der Waals surface area contributed by atoms with E-state index >= 15 is 0 Å². The van der Waals surface area contributed by atoms with Gasteiger partial charge in [-0.25, -0.2) is 4.79 Å². The first-order valence-corrected chi connectivity index (χ1v) is 6.67. The summed E-state index contributed by atoms with van der Waals surface area (Å²) in [5, 5.41) is 9.87. The van der Waals surface area contributed by atoms with E-state index in [2.05, 4.69) is 4.98 Å². The van der Waals surface area contributed by atoms with Crippen molar-refractivity contribution in [3.8, 4) is 5.75 Å². The van der Waals surface area contributed by atoms with Crippen LogP contribution in [0.5, 0.6) is 5.75 Å². The van der Waals surface area contributed by atoms with Crippen molar-refractivity contribution in [1.82, 2.24) is 4.98 Å². The third kappa shape index (κ3) is 2.74.